The van der Waals surface area contributed by atoms with E-state index in [-0.39, 0.29) is 0 Å². The zero-order valence-corrected chi connectivity index (χ0v) is 12.4. The highest BCUT2D eigenvalue weighted by Gasteiger charge is 2.48. The van der Waals surface area contributed by atoms with Gasteiger partial charge in [0.25, 0.3) is 0 Å². The highest BCUT2D eigenvalue weighted by Crippen LogP contribution is 2.46. The van der Waals surface area contributed by atoms with Crippen molar-refractivity contribution in [3.8, 4) is 0 Å². The summed E-state index contributed by atoms with van der Waals surface area (Å²) in [6.45, 7) is 13.5. The van der Waals surface area contributed by atoms with E-state index < -0.39 is 0 Å². The summed E-state index contributed by atoms with van der Waals surface area (Å²) in [5, 5.41) is 0. The molecule has 0 aromatic carbocycles. The van der Waals surface area contributed by atoms with E-state index in [0.29, 0.717) is 11.5 Å². The maximum atomic E-state index is 2.80. The van der Waals surface area contributed by atoms with Gasteiger partial charge in [-0.05, 0) is 51.5 Å². The molecule has 0 aromatic heterocycles. The van der Waals surface area contributed by atoms with Gasteiger partial charge in [0.15, 0.2) is 0 Å². The van der Waals surface area contributed by atoms with Gasteiger partial charge in [-0.1, -0.05) is 13.8 Å². The molecule has 3 aliphatic rings. The molecule has 0 N–H and O–H groups in total. The topological polar surface area (TPSA) is 6.48 Å². The molecule has 100 valence electrons. The average Bonchev–Trinajstić information content (AvgIpc) is 2.54. The van der Waals surface area contributed by atoms with Crippen LogP contribution in [0.25, 0.3) is 0 Å². The van der Waals surface area contributed by atoms with Gasteiger partial charge in [0.2, 0.25) is 0 Å². The first-order valence-electron chi connectivity index (χ1n) is 7.46. The number of hydrogen-bond acceptors (Lipinski definition) is 2. The number of hydrogen-bond donors (Lipinski definition) is 0. The summed E-state index contributed by atoms with van der Waals surface area (Å²) >= 11 is 0. The van der Waals surface area contributed by atoms with Crippen molar-refractivity contribution in [2.45, 2.75) is 59.0 Å². The Morgan fingerprint density at radius 2 is 1.76 bits per heavy atom. The quantitative estimate of drug-likeness (QED) is 0.746. The summed E-state index contributed by atoms with van der Waals surface area (Å²) in [5.41, 5.74) is 0.581. The summed E-state index contributed by atoms with van der Waals surface area (Å²) in [4.78, 5) is 5.37. The molecule has 0 saturated carbocycles. The van der Waals surface area contributed by atoms with Gasteiger partial charge in [-0.2, -0.15) is 0 Å². The molecule has 3 heterocycles. The molecule has 3 aliphatic heterocycles. The molecule has 0 aliphatic carbocycles. The second-order valence-electron chi connectivity index (χ2n) is 6.67. The highest BCUT2D eigenvalue weighted by molar-refractivity contribution is 5.02. The van der Waals surface area contributed by atoms with Gasteiger partial charge < -0.3 is 4.90 Å². The van der Waals surface area contributed by atoms with E-state index in [4.69, 9.17) is 0 Å². The first-order chi connectivity index (χ1) is 8.02. The van der Waals surface area contributed by atoms with Crippen LogP contribution in [-0.4, -0.2) is 48.6 Å². The van der Waals surface area contributed by atoms with Gasteiger partial charge in [-0.15, -0.1) is 0 Å². The van der Waals surface area contributed by atoms with E-state index in [1.54, 1.807) is 0 Å². The number of nitrogens with zero attached hydrogens (tertiary/aromatic N) is 2. The zero-order chi connectivity index (χ0) is 12.6. The van der Waals surface area contributed by atoms with Gasteiger partial charge in [-0.3, -0.25) is 4.90 Å². The molecule has 3 saturated heterocycles. The Kier molecular flexibility index (Phi) is 3.84. The molecule has 3 rings (SSSR count). The molecular weight excluding hydrogens is 208 g/mol. The van der Waals surface area contributed by atoms with E-state index >= 15 is 0 Å². The van der Waals surface area contributed by atoms with Crippen LogP contribution < -0.4 is 0 Å². The number of likely N-dealkylation sites (N-methyl/N-ethyl adjacent to an activating group) is 1. The molecule has 2 heteroatoms. The fourth-order valence-corrected chi connectivity index (χ4v) is 4.36. The fraction of sp³-hybridized carbons (Fsp3) is 1.00. The molecule has 2 unspecified atom stereocenters. The maximum absolute atomic E-state index is 2.80. The molecule has 0 radical (unpaired) electrons. The van der Waals surface area contributed by atoms with Crippen LogP contribution in [0, 0.1) is 11.3 Å². The second kappa shape index (κ2) is 4.89. The van der Waals surface area contributed by atoms with Crippen LogP contribution in [0.15, 0.2) is 0 Å². The number of fused-ring (bicyclic) bond motifs is 4. The summed E-state index contributed by atoms with van der Waals surface area (Å²) in [7, 11) is 2.31. The normalized spacial score (nSPS) is 34.2. The fourth-order valence-electron chi connectivity index (χ4n) is 4.36. The van der Waals surface area contributed by atoms with E-state index in [9.17, 15) is 0 Å². The SMILES string of the molecule is CCC1(CC)CC2CN(C)CC1N(C(C)C)C2. The Morgan fingerprint density at radius 1 is 1.12 bits per heavy atom. The minimum absolute atomic E-state index is 0.581. The Labute approximate surface area is 107 Å². The van der Waals surface area contributed by atoms with Crippen LogP contribution in [-0.2, 0) is 0 Å². The molecule has 0 aromatic rings. The number of piperidine rings is 1. The first-order valence-corrected chi connectivity index (χ1v) is 7.46. The van der Waals surface area contributed by atoms with Crippen LogP contribution in [0.5, 0.6) is 0 Å². The Bertz CT molecular complexity index is 258. The third-order valence-corrected chi connectivity index (χ3v) is 5.40. The molecule has 2 bridgehead atoms. The van der Waals surface area contributed by atoms with E-state index in [2.05, 4.69) is 44.5 Å². The predicted octanol–water partition coefficient (Wildman–Crippen LogP) is 2.84. The molecule has 3 fully saturated rings. The Morgan fingerprint density at radius 3 is 2.29 bits per heavy atom. The summed E-state index contributed by atoms with van der Waals surface area (Å²) < 4.78 is 0. The van der Waals surface area contributed by atoms with Crippen molar-refractivity contribution in [2.24, 2.45) is 11.3 Å². The van der Waals surface area contributed by atoms with Crippen molar-refractivity contribution in [1.82, 2.24) is 9.80 Å². The Balaban J connectivity index is 2.32. The van der Waals surface area contributed by atoms with Crippen LogP contribution in [0.3, 0.4) is 0 Å². The molecule has 2 nitrogen and oxygen atoms in total. The van der Waals surface area contributed by atoms with Crippen molar-refractivity contribution < 1.29 is 0 Å². The third-order valence-electron chi connectivity index (χ3n) is 5.40. The third kappa shape index (κ3) is 2.26. The van der Waals surface area contributed by atoms with Gasteiger partial charge >= 0.3 is 0 Å². The molecule has 17 heavy (non-hydrogen) atoms. The summed E-state index contributed by atoms with van der Waals surface area (Å²) in [6.07, 6.45) is 4.15. The van der Waals surface area contributed by atoms with Gasteiger partial charge in [0, 0.05) is 31.7 Å². The van der Waals surface area contributed by atoms with Gasteiger partial charge in [0.05, 0.1) is 0 Å². The zero-order valence-electron chi connectivity index (χ0n) is 12.4. The monoisotopic (exact) mass is 238 g/mol. The van der Waals surface area contributed by atoms with E-state index in [0.717, 1.165) is 12.0 Å². The molecule has 0 spiro atoms. The minimum Gasteiger partial charge on any atom is -0.304 e. The first kappa shape index (κ1) is 13.4. The van der Waals surface area contributed by atoms with Crippen LogP contribution in [0.2, 0.25) is 0 Å². The van der Waals surface area contributed by atoms with Crippen LogP contribution >= 0.6 is 0 Å². The second-order valence-corrected chi connectivity index (χ2v) is 6.67. The lowest BCUT2D eigenvalue weighted by molar-refractivity contribution is -0.0227. The Hall–Kier alpha value is -0.0800. The van der Waals surface area contributed by atoms with Gasteiger partial charge in [-0.25, -0.2) is 0 Å². The maximum Gasteiger partial charge on any atom is 0.0282 e. The van der Waals surface area contributed by atoms with Crippen molar-refractivity contribution in [3.05, 3.63) is 0 Å². The molecular formula is C15H30N2. The van der Waals surface area contributed by atoms with Crippen molar-refractivity contribution in [1.29, 1.82) is 0 Å². The number of rotatable bonds is 3. The van der Waals surface area contributed by atoms with Crippen molar-refractivity contribution in [2.75, 3.05) is 26.7 Å². The summed E-state index contributed by atoms with van der Waals surface area (Å²) in [6, 6.07) is 1.48. The highest BCUT2D eigenvalue weighted by atomic mass is 15.3. The molecule has 0 amide bonds. The largest absolute Gasteiger partial charge is 0.304 e. The van der Waals surface area contributed by atoms with E-state index in [1.807, 2.05) is 0 Å². The molecule has 2 atom stereocenters. The van der Waals surface area contributed by atoms with Crippen LogP contribution in [0.4, 0.5) is 0 Å². The average molecular weight is 238 g/mol. The lowest BCUT2D eigenvalue weighted by Gasteiger charge is -2.52. The van der Waals surface area contributed by atoms with E-state index in [1.165, 1.54) is 38.9 Å². The minimum atomic E-state index is 0.581. The lowest BCUT2D eigenvalue weighted by Crippen LogP contribution is -2.57. The smallest absolute Gasteiger partial charge is 0.0282 e. The van der Waals surface area contributed by atoms with Crippen molar-refractivity contribution >= 4 is 0 Å². The van der Waals surface area contributed by atoms with Crippen LogP contribution in [0.1, 0.15) is 47.0 Å². The lowest BCUT2D eigenvalue weighted by atomic mass is 9.67. The van der Waals surface area contributed by atoms with Crippen molar-refractivity contribution in [3.63, 3.8) is 0 Å². The standard InChI is InChI=1S/C15H30N2/c1-6-15(7-2)8-13-9-16(5)11-14(15)17(10-13)12(3)4/h12-14H,6-11H2,1-5H3. The predicted molar refractivity (Wildman–Crippen MR) is 74.2 cm³/mol. The van der Waals surface area contributed by atoms with Gasteiger partial charge in [0.1, 0.15) is 0 Å². The summed E-state index contributed by atoms with van der Waals surface area (Å²) in [5.74, 6) is 0.890.